The van der Waals surface area contributed by atoms with E-state index in [0.29, 0.717) is 23.0 Å². The van der Waals surface area contributed by atoms with Gasteiger partial charge in [-0.2, -0.15) is 0 Å². The third kappa shape index (κ3) is 5.96. The van der Waals surface area contributed by atoms with Crippen LogP contribution in [0.4, 0.5) is 10.1 Å². The highest BCUT2D eigenvalue weighted by atomic mass is 32.2. The van der Waals surface area contributed by atoms with Gasteiger partial charge in [0.2, 0.25) is 5.91 Å². The third-order valence-electron chi connectivity index (χ3n) is 2.60. The standard InChI is InChI=1S/C14H21FN2OS/c1-9(2)4-5-17-14(18)10(3)19-13-7-11(15)6-12(16)8-13/h6-10H,4-5,16H2,1-3H3,(H,17,18). The minimum Gasteiger partial charge on any atom is -0.399 e. The van der Waals surface area contributed by atoms with Crippen LogP contribution in [0.5, 0.6) is 0 Å². The fraction of sp³-hybridized carbons (Fsp3) is 0.500. The van der Waals surface area contributed by atoms with Crippen LogP contribution in [0.15, 0.2) is 23.1 Å². The van der Waals surface area contributed by atoms with Crippen LogP contribution in [0.25, 0.3) is 0 Å². The van der Waals surface area contributed by atoms with Crippen molar-refractivity contribution in [1.29, 1.82) is 0 Å². The van der Waals surface area contributed by atoms with Gasteiger partial charge >= 0.3 is 0 Å². The number of thioether (sulfide) groups is 1. The molecule has 0 saturated heterocycles. The molecule has 0 aromatic heterocycles. The summed E-state index contributed by atoms with van der Waals surface area (Å²) in [6.45, 7) is 6.70. The molecule has 1 unspecified atom stereocenters. The fourth-order valence-corrected chi connectivity index (χ4v) is 2.52. The van der Waals surface area contributed by atoms with E-state index in [1.807, 2.05) is 0 Å². The second-order valence-electron chi connectivity index (χ2n) is 4.95. The first kappa shape index (κ1) is 15.8. The lowest BCUT2D eigenvalue weighted by Crippen LogP contribution is -2.32. The first-order chi connectivity index (χ1) is 8.88. The minimum atomic E-state index is -0.380. The van der Waals surface area contributed by atoms with Gasteiger partial charge in [0, 0.05) is 17.1 Å². The van der Waals surface area contributed by atoms with E-state index < -0.39 is 0 Å². The first-order valence-corrected chi connectivity index (χ1v) is 7.27. The maximum absolute atomic E-state index is 13.2. The van der Waals surface area contributed by atoms with Gasteiger partial charge in [0.15, 0.2) is 0 Å². The number of benzene rings is 1. The molecule has 19 heavy (non-hydrogen) atoms. The SMILES string of the molecule is CC(C)CCNC(=O)C(C)Sc1cc(N)cc(F)c1. The largest absolute Gasteiger partial charge is 0.399 e. The Morgan fingerprint density at radius 2 is 2.05 bits per heavy atom. The molecular formula is C14H21FN2OS. The summed E-state index contributed by atoms with van der Waals surface area (Å²) in [6.07, 6.45) is 0.954. The van der Waals surface area contributed by atoms with Crippen molar-refractivity contribution in [3.63, 3.8) is 0 Å². The zero-order valence-electron chi connectivity index (χ0n) is 11.6. The molecule has 0 aliphatic carbocycles. The highest BCUT2D eigenvalue weighted by Crippen LogP contribution is 2.26. The average molecular weight is 284 g/mol. The summed E-state index contributed by atoms with van der Waals surface area (Å²) >= 11 is 1.31. The van der Waals surface area contributed by atoms with E-state index in [1.165, 1.54) is 23.9 Å². The predicted octanol–water partition coefficient (Wildman–Crippen LogP) is 3.05. The summed E-state index contributed by atoms with van der Waals surface area (Å²) in [6, 6.07) is 4.32. The number of hydrogen-bond donors (Lipinski definition) is 2. The van der Waals surface area contributed by atoms with Gasteiger partial charge in [-0.15, -0.1) is 11.8 Å². The molecule has 0 aliphatic rings. The third-order valence-corrected chi connectivity index (χ3v) is 3.67. The predicted molar refractivity (Wildman–Crippen MR) is 78.6 cm³/mol. The first-order valence-electron chi connectivity index (χ1n) is 6.39. The number of anilines is 1. The molecular weight excluding hydrogens is 263 g/mol. The van der Waals surface area contributed by atoms with Crippen LogP contribution in [0.2, 0.25) is 0 Å². The summed E-state index contributed by atoms with van der Waals surface area (Å²) in [7, 11) is 0. The fourth-order valence-electron chi connectivity index (χ4n) is 1.54. The quantitative estimate of drug-likeness (QED) is 0.623. The topological polar surface area (TPSA) is 55.1 Å². The van der Waals surface area contributed by atoms with Gasteiger partial charge in [0.1, 0.15) is 5.82 Å². The molecule has 3 N–H and O–H groups in total. The Morgan fingerprint density at radius 1 is 1.37 bits per heavy atom. The molecule has 1 atom stereocenters. The van der Waals surface area contributed by atoms with Crippen molar-refractivity contribution in [3.8, 4) is 0 Å². The van der Waals surface area contributed by atoms with Gasteiger partial charge in [0.05, 0.1) is 5.25 Å². The zero-order chi connectivity index (χ0) is 14.4. The Labute approximate surface area is 118 Å². The molecule has 1 aromatic carbocycles. The van der Waals surface area contributed by atoms with Gasteiger partial charge in [-0.1, -0.05) is 13.8 Å². The molecule has 5 heteroatoms. The number of nitrogen functional groups attached to an aromatic ring is 1. The monoisotopic (exact) mass is 284 g/mol. The lowest BCUT2D eigenvalue weighted by atomic mass is 10.1. The van der Waals surface area contributed by atoms with Crippen LogP contribution in [0, 0.1) is 11.7 Å². The van der Waals surface area contributed by atoms with Crippen molar-refractivity contribution in [1.82, 2.24) is 5.32 Å². The molecule has 1 aromatic rings. The van der Waals surface area contributed by atoms with E-state index in [-0.39, 0.29) is 17.0 Å². The van der Waals surface area contributed by atoms with Crippen molar-refractivity contribution in [3.05, 3.63) is 24.0 Å². The number of carbonyl (C=O) groups is 1. The van der Waals surface area contributed by atoms with Crippen molar-refractivity contribution in [2.24, 2.45) is 5.92 Å². The smallest absolute Gasteiger partial charge is 0.233 e. The van der Waals surface area contributed by atoms with E-state index >= 15 is 0 Å². The maximum Gasteiger partial charge on any atom is 0.233 e. The summed E-state index contributed by atoms with van der Waals surface area (Å²) in [5.41, 5.74) is 5.94. The second kappa shape index (κ2) is 7.38. The molecule has 0 fully saturated rings. The molecule has 1 rings (SSSR count). The molecule has 0 heterocycles. The minimum absolute atomic E-state index is 0.0338. The average Bonchev–Trinajstić information content (AvgIpc) is 2.26. The Morgan fingerprint density at radius 3 is 2.63 bits per heavy atom. The van der Waals surface area contributed by atoms with Crippen LogP contribution in [0.3, 0.4) is 0 Å². The Hall–Kier alpha value is -1.23. The van der Waals surface area contributed by atoms with E-state index in [0.717, 1.165) is 6.42 Å². The van der Waals surface area contributed by atoms with E-state index in [2.05, 4.69) is 19.2 Å². The number of rotatable bonds is 6. The normalized spacial score (nSPS) is 12.5. The van der Waals surface area contributed by atoms with Crippen LogP contribution in [-0.2, 0) is 4.79 Å². The summed E-state index contributed by atoms with van der Waals surface area (Å²) in [5, 5.41) is 2.61. The summed E-state index contributed by atoms with van der Waals surface area (Å²) in [5.74, 6) is 0.148. The Bertz CT molecular complexity index is 417. The summed E-state index contributed by atoms with van der Waals surface area (Å²) in [4.78, 5) is 12.5. The highest BCUT2D eigenvalue weighted by Gasteiger charge is 2.14. The number of nitrogens with two attached hydrogens (primary N) is 1. The number of amides is 1. The zero-order valence-corrected chi connectivity index (χ0v) is 12.4. The number of halogens is 1. The van der Waals surface area contributed by atoms with Crippen molar-refractivity contribution >= 4 is 23.4 Å². The lowest BCUT2D eigenvalue weighted by Gasteiger charge is -2.13. The number of carbonyl (C=O) groups excluding carboxylic acids is 1. The molecule has 0 aliphatic heterocycles. The van der Waals surface area contributed by atoms with E-state index in [9.17, 15) is 9.18 Å². The van der Waals surface area contributed by atoms with Crippen molar-refractivity contribution in [2.75, 3.05) is 12.3 Å². The van der Waals surface area contributed by atoms with Gasteiger partial charge in [-0.05, 0) is 37.5 Å². The van der Waals surface area contributed by atoms with Crippen LogP contribution in [0.1, 0.15) is 27.2 Å². The van der Waals surface area contributed by atoms with Gasteiger partial charge in [-0.25, -0.2) is 4.39 Å². The van der Waals surface area contributed by atoms with Crippen molar-refractivity contribution in [2.45, 2.75) is 37.3 Å². The van der Waals surface area contributed by atoms with Gasteiger partial charge < -0.3 is 11.1 Å². The van der Waals surface area contributed by atoms with E-state index in [4.69, 9.17) is 5.73 Å². The molecule has 0 radical (unpaired) electrons. The maximum atomic E-state index is 13.2. The van der Waals surface area contributed by atoms with Gasteiger partial charge in [0.25, 0.3) is 0 Å². The Balaban J connectivity index is 2.49. The van der Waals surface area contributed by atoms with E-state index in [1.54, 1.807) is 13.0 Å². The number of hydrogen-bond acceptors (Lipinski definition) is 3. The molecule has 0 bridgehead atoms. The summed E-state index contributed by atoms with van der Waals surface area (Å²) < 4.78 is 13.2. The van der Waals surface area contributed by atoms with Crippen LogP contribution in [-0.4, -0.2) is 17.7 Å². The molecule has 106 valence electrons. The highest BCUT2D eigenvalue weighted by molar-refractivity contribution is 8.00. The Kier molecular flexibility index (Phi) is 6.15. The van der Waals surface area contributed by atoms with Crippen LogP contribution < -0.4 is 11.1 Å². The molecule has 1 amide bonds. The lowest BCUT2D eigenvalue weighted by molar-refractivity contribution is -0.120. The molecule has 0 saturated carbocycles. The van der Waals surface area contributed by atoms with Crippen molar-refractivity contribution < 1.29 is 9.18 Å². The van der Waals surface area contributed by atoms with Gasteiger partial charge in [-0.3, -0.25) is 4.79 Å². The van der Waals surface area contributed by atoms with Crippen LogP contribution >= 0.6 is 11.8 Å². The second-order valence-corrected chi connectivity index (χ2v) is 6.37. The molecule has 0 spiro atoms. The molecule has 3 nitrogen and oxygen atoms in total. The number of nitrogens with one attached hydrogen (secondary N) is 1.